The van der Waals surface area contributed by atoms with Gasteiger partial charge in [-0.05, 0) is 27.7 Å². The molecule has 0 radical (unpaired) electrons. The smallest absolute Gasteiger partial charge is 0.407 e. The summed E-state index contributed by atoms with van der Waals surface area (Å²) in [6.07, 6.45) is -0.619. The predicted molar refractivity (Wildman–Crippen MR) is 56.0 cm³/mol. The van der Waals surface area contributed by atoms with Gasteiger partial charge in [0, 0.05) is 0 Å². The number of hydrogen-bond donors (Lipinski definition) is 3. The van der Waals surface area contributed by atoms with Crippen molar-refractivity contribution in [3.63, 3.8) is 0 Å². The molecule has 15 heavy (non-hydrogen) atoms. The highest BCUT2D eigenvalue weighted by atomic mass is 16.6. The Bertz CT molecular complexity index is 247. The third-order valence-electron chi connectivity index (χ3n) is 1.61. The van der Waals surface area contributed by atoms with E-state index in [1.165, 1.54) is 0 Å². The topological polar surface area (TPSA) is 107 Å². The maximum atomic E-state index is 11.3. The second kappa shape index (κ2) is 4.97. The Hall–Kier alpha value is -1.30. The van der Waals surface area contributed by atoms with E-state index >= 15 is 0 Å². The molecule has 0 saturated heterocycles. The molecule has 0 aliphatic rings. The number of alkyl carbamates (subject to hydrolysis) is 1. The lowest BCUT2D eigenvalue weighted by Gasteiger charge is -2.23. The molecule has 0 rings (SSSR count). The highest BCUT2D eigenvalue weighted by Crippen LogP contribution is 2.06. The minimum absolute atomic E-state index is 0.558. The van der Waals surface area contributed by atoms with Crippen LogP contribution in [0.1, 0.15) is 27.7 Å². The summed E-state index contributed by atoms with van der Waals surface area (Å²) in [5, 5.41) is 2.43. The summed E-state index contributed by atoms with van der Waals surface area (Å²) in [4.78, 5) is 22.0. The SMILES string of the molecule is CC(NC(=O)OC(C)(C)C)C(N)C(N)=O. The fourth-order valence-electron chi connectivity index (χ4n) is 0.830. The first-order chi connectivity index (χ1) is 6.63. The summed E-state index contributed by atoms with van der Waals surface area (Å²) in [5.74, 6) is -0.668. The van der Waals surface area contributed by atoms with Crippen molar-refractivity contribution in [1.82, 2.24) is 5.32 Å². The molecule has 2 atom stereocenters. The molecule has 6 heteroatoms. The lowest BCUT2D eigenvalue weighted by atomic mass is 10.1. The molecular formula is C9H19N3O3. The van der Waals surface area contributed by atoms with Crippen LogP contribution >= 0.6 is 0 Å². The fourth-order valence-corrected chi connectivity index (χ4v) is 0.830. The monoisotopic (exact) mass is 217 g/mol. The van der Waals surface area contributed by atoms with Gasteiger partial charge in [0.25, 0.3) is 0 Å². The van der Waals surface area contributed by atoms with Gasteiger partial charge in [-0.25, -0.2) is 4.79 Å². The minimum Gasteiger partial charge on any atom is -0.444 e. The standard InChI is InChI=1S/C9H19N3O3/c1-5(6(10)7(11)13)12-8(14)15-9(2,3)4/h5-6H,10H2,1-4H3,(H2,11,13)(H,12,14). The second-order valence-electron chi connectivity index (χ2n) is 4.36. The molecular weight excluding hydrogens is 198 g/mol. The van der Waals surface area contributed by atoms with E-state index in [-0.39, 0.29) is 0 Å². The average Bonchev–Trinajstić information content (AvgIpc) is 1.98. The average molecular weight is 217 g/mol. The predicted octanol–water partition coefficient (Wildman–Crippen LogP) is -0.288. The van der Waals surface area contributed by atoms with Crippen LogP contribution in [0, 0.1) is 0 Å². The summed E-state index contributed by atoms with van der Waals surface area (Å²) >= 11 is 0. The van der Waals surface area contributed by atoms with Gasteiger partial charge in [-0.2, -0.15) is 0 Å². The summed E-state index contributed by atoms with van der Waals surface area (Å²) < 4.78 is 4.98. The molecule has 0 aliphatic carbocycles. The third-order valence-corrected chi connectivity index (χ3v) is 1.61. The van der Waals surface area contributed by atoms with Crippen LogP contribution in [0.5, 0.6) is 0 Å². The number of rotatable bonds is 3. The van der Waals surface area contributed by atoms with Crippen molar-refractivity contribution in [3.05, 3.63) is 0 Å². The van der Waals surface area contributed by atoms with Gasteiger partial charge < -0.3 is 21.5 Å². The second-order valence-corrected chi connectivity index (χ2v) is 4.36. The van der Waals surface area contributed by atoms with Gasteiger partial charge in [-0.15, -0.1) is 0 Å². The molecule has 0 heterocycles. The van der Waals surface area contributed by atoms with E-state index in [1.54, 1.807) is 27.7 Å². The third kappa shape index (κ3) is 5.90. The van der Waals surface area contributed by atoms with Crippen LogP contribution in [-0.2, 0) is 9.53 Å². The molecule has 0 aromatic carbocycles. The molecule has 0 aromatic heterocycles. The molecule has 0 saturated carbocycles. The van der Waals surface area contributed by atoms with E-state index in [0.717, 1.165) is 0 Å². The first kappa shape index (κ1) is 13.7. The largest absolute Gasteiger partial charge is 0.444 e. The van der Waals surface area contributed by atoms with Crippen molar-refractivity contribution in [2.24, 2.45) is 11.5 Å². The maximum absolute atomic E-state index is 11.3. The van der Waals surface area contributed by atoms with E-state index < -0.39 is 29.7 Å². The van der Waals surface area contributed by atoms with E-state index in [4.69, 9.17) is 16.2 Å². The van der Waals surface area contributed by atoms with Crippen LogP contribution in [0.4, 0.5) is 4.79 Å². The van der Waals surface area contributed by atoms with Gasteiger partial charge in [0.05, 0.1) is 6.04 Å². The highest BCUT2D eigenvalue weighted by Gasteiger charge is 2.23. The number of amides is 2. The van der Waals surface area contributed by atoms with Crippen molar-refractivity contribution in [2.45, 2.75) is 45.4 Å². The Morgan fingerprint density at radius 3 is 2.13 bits per heavy atom. The highest BCUT2D eigenvalue weighted by molar-refractivity contribution is 5.81. The maximum Gasteiger partial charge on any atom is 0.407 e. The van der Waals surface area contributed by atoms with Gasteiger partial charge in [-0.1, -0.05) is 0 Å². The van der Waals surface area contributed by atoms with Crippen molar-refractivity contribution in [3.8, 4) is 0 Å². The van der Waals surface area contributed by atoms with Gasteiger partial charge in [0.2, 0.25) is 5.91 Å². The Balaban J connectivity index is 4.13. The van der Waals surface area contributed by atoms with E-state index in [0.29, 0.717) is 0 Å². The van der Waals surface area contributed by atoms with Gasteiger partial charge in [0.1, 0.15) is 11.6 Å². The number of nitrogens with one attached hydrogen (secondary N) is 1. The molecule has 2 unspecified atom stereocenters. The Kier molecular flexibility index (Phi) is 4.54. The van der Waals surface area contributed by atoms with Crippen LogP contribution in [0.2, 0.25) is 0 Å². The van der Waals surface area contributed by atoms with Crippen molar-refractivity contribution in [1.29, 1.82) is 0 Å². The first-order valence-corrected chi connectivity index (χ1v) is 4.68. The fraction of sp³-hybridized carbons (Fsp3) is 0.778. The van der Waals surface area contributed by atoms with Gasteiger partial charge in [0.15, 0.2) is 0 Å². The van der Waals surface area contributed by atoms with E-state index in [2.05, 4.69) is 5.32 Å². The first-order valence-electron chi connectivity index (χ1n) is 4.68. The molecule has 0 fully saturated rings. The summed E-state index contributed by atoms with van der Waals surface area (Å²) in [5.41, 5.74) is 9.83. The number of primary amides is 1. The summed E-state index contributed by atoms with van der Waals surface area (Å²) in [6, 6.07) is -1.48. The zero-order valence-electron chi connectivity index (χ0n) is 9.53. The number of hydrogen-bond acceptors (Lipinski definition) is 4. The number of carbonyl (C=O) groups is 2. The zero-order valence-corrected chi connectivity index (χ0v) is 9.53. The molecule has 5 N–H and O–H groups in total. The molecule has 0 aliphatic heterocycles. The van der Waals surface area contributed by atoms with Crippen LogP contribution in [0.15, 0.2) is 0 Å². The number of nitrogens with two attached hydrogens (primary N) is 2. The minimum atomic E-state index is -0.919. The Morgan fingerprint density at radius 1 is 1.33 bits per heavy atom. The molecule has 6 nitrogen and oxygen atoms in total. The van der Waals surface area contributed by atoms with Gasteiger partial charge >= 0.3 is 6.09 Å². The molecule has 2 amide bonds. The Labute approximate surface area is 89.3 Å². The zero-order chi connectivity index (χ0) is 12.2. The molecule has 0 aromatic rings. The lowest BCUT2D eigenvalue weighted by molar-refractivity contribution is -0.119. The molecule has 0 spiro atoms. The molecule has 0 bridgehead atoms. The van der Waals surface area contributed by atoms with Crippen LogP contribution in [0.3, 0.4) is 0 Å². The van der Waals surface area contributed by atoms with Crippen LogP contribution in [0.25, 0.3) is 0 Å². The number of ether oxygens (including phenoxy) is 1. The quantitative estimate of drug-likeness (QED) is 0.603. The van der Waals surface area contributed by atoms with E-state index in [9.17, 15) is 9.59 Å². The lowest BCUT2D eigenvalue weighted by Crippen LogP contribution is -2.53. The summed E-state index contributed by atoms with van der Waals surface area (Å²) in [6.45, 7) is 6.81. The van der Waals surface area contributed by atoms with Crippen LogP contribution in [-0.4, -0.2) is 29.7 Å². The number of carbonyl (C=O) groups excluding carboxylic acids is 2. The van der Waals surface area contributed by atoms with Crippen molar-refractivity contribution in [2.75, 3.05) is 0 Å². The van der Waals surface area contributed by atoms with Crippen molar-refractivity contribution < 1.29 is 14.3 Å². The van der Waals surface area contributed by atoms with Gasteiger partial charge in [-0.3, -0.25) is 4.79 Å². The van der Waals surface area contributed by atoms with Crippen molar-refractivity contribution >= 4 is 12.0 Å². The normalized spacial score (nSPS) is 15.3. The Morgan fingerprint density at radius 2 is 1.80 bits per heavy atom. The molecule has 88 valence electrons. The van der Waals surface area contributed by atoms with E-state index in [1.807, 2.05) is 0 Å². The van der Waals surface area contributed by atoms with Crippen LogP contribution < -0.4 is 16.8 Å². The summed E-state index contributed by atoms with van der Waals surface area (Å²) in [7, 11) is 0.